The number of unbranched alkanes of at least 4 members (excludes halogenated alkanes) is 10. The van der Waals surface area contributed by atoms with Crippen LogP contribution < -0.4 is 0 Å². The summed E-state index contributed by atoms with van der Waals surface area (Å²) in [5, 5.41) is 9.48. The largest absolute Gasteiger partial charge is 0.462 e. The predicted molar refractivity (Wildman–Crippen MR) is 168 cm³/mol. The fourth-order valence-electron chi connectivity index (χ4n) is 3.79. The highest BCUT2D eigenvalue weighted by molar-refractivity contribution is 5.70. The Hall–Kier alpha value is -2.66. The molecular formula is C35H56O5. The zero-order chi connectivity index (χ0) is 29.4. The molecule has 0 heterocycles. The maximum absolute atomic E-state index is 12.1. The maximum Gasteiger partial charge on any atom is 0.306 e. The van der Waals surface area contributed by atoms with E-state index in [-0.39, 0.29) is 25.2 Å². The van der Waals surface area contributed by atoms with Gasteiger partial charge in [-0.25, -0.2) is 0 Å². The molecule has 0 aliphatic carbocycles. The molecule has 40 heavy (non-hydrogen) atoms. The van der Waals surface area contributed by atoms with E-state index < -0.39 is 6.10 Å². The van der Waals surface area contributed by atoms with Crippen LogP contribution in [0.1, 0.15) is 117 Å². The summed E-state index contributed by atoms with van der Waals surface area (Å²) in [5.41, 5.74) is 0. The van der Waals surface area contributed by atoms with Crippen LogP contribution in [0.4, 0.5) is 0 Å². The van der Waals surface area contributed by atoms with E-state index in [9.17, 15) is 14.7 Å². The van der Waals surface area contributed by atoms with Crippen LogP contribution in [0.25, 0.3) is 0 Å². The van der Waals surface area contributed by atoms with E-state index >= 15 is 0 Å². The summed E-state index contributed by atoms with van der Waals surface area (Å²) >= 11 is 0. The highest BCUT2D eigenvalue weighted by Gasteiger charge is 2.16. The molecule has 0 fully saturated rings. The van der Waals surface area contributed by atoms with Crippen molar-refractivity contribution in [3.05, 3.63) is 72.9 Å². The Labute approximate surface area is 244 Å². The van der Waals surface area contributed by atoms with E-state index in [1.165, 1.54) is 0 Å². The Balaban J connectivity index is 3.71. The molecule has 0 spiro atoms. The Morgan fingerprint density at radius 1 is 0.575 bits per heavy atom. The molecule has 0 amide bonds. The molecule has 0 aromatic carbocycles. The van der Waals surface area contributed by atoms with Crippen molar-refractivity contribution in [3.8, 4) is 0 Å². The molecule has 5 heteroatoms. The molecule has 0 aromatic rings. The second kappa shape index (κ2) is 30.9. The lowest BCUT2D eigenvalue weighted by molar-refractivity contribution is -0.161. The van der Waals surface area contributed by atoms with Crippen molar-refractivity contribution >= 4 is 11.9 Å². The number of ether oxygens (including phenoxy) is 2. The van der Waals surface area contributed by atoms with Crippen molar-refractivity contribution in [1.29, 1.82) is 0 Å². The van der Waals surface area contributed by atoms with Crippen LogP contribution in [0.15, 0.2) is 72.9 Å². The Morgan fingerprint density at radius 3 is 1.48 bits per heavy atom. The highest BCUT2D eigenvalue weighted by atomic mass is 16.6. The standard InChI is InChI=1S/C35H56O5/c1-3-5-7-9-11-13-15-17-19-21-23-25-27-29-34(37)39-32-33(31-36)40-35(38)30-28-26-24-22-20-18-16-14-12-10-8-6-4-2/h5-16,33,36H,3-4,17-32H2,1-2H3/b7-5+,8-6+,11-9+,12-10+,15-13+,16-14+. The fraction of sp³-hybridized carbons (Fsp3) is 0.600. The van der Waals surface area contributed by atoms with Gasteiger partial charge >= 0.3 is 11.9 Å². The minimum atomic E-state index is -0.791. The molecule has 1 unspecified atom stereocenters. The summed E-state index contributed by atoms with van der Waals surface area (Å²) in [5.74, 6) is -0.651. The van der Waals surface area contributed by atoms with Crippen LogP contribution >= 0.6 is 0 Å². The third-order valence-corrected chi connectivity index (χ3v) is 6.12. The number of rotatable bonds is 26. The molecule has 1 N–H and O–H groups in total. The number of allylic oxidation sites excluding steroid dienone is 12. The molecule has 5 nitrogen and oxygen atoms in total. The quantitative estimate of drug-likeness (QED) is 0.0653. The number of aliphatic hydroxyl groups excluding tert-OH is 1. The van der Waals surface area contributed by atoms with Gasteiger partial charge in [0, 0.05) is 12.8 Å². The van der Waals surface area contributed by atoms with Gasteiger partial charge in [-0.3, -0.25) is 9.59 Å². The van der Waals surface area contributed by atoms with Crippen LogP contribution in [0.5, 0.6) is 0 Å². The van der Waals surface area contributed by atoms with E-state index in [2.05, 4.69) is 74.6 Å². The normalized spacial score (nSPS) is 13.2. The molecule has 0 saturated carbocycles. The zero-order valence-electron chi connectivity index (χ0n) is 25.3. The molecule has 0 rings (SSSR count). The first-order chi connectivity index (χ1) is 19.6. The topological polar surface area (TPSA) is 72.8 Å². The molecular weight excluding hydrogens is 500 g/mol. The summed E-state index contributed by atoms with van der Waals surface area (Å²) in [6.45, 7) is 3.80. The second-order valence-electron chi connectivity index (χ2n) is 9.89. The van der Waals surface area contributed by atoms with Crippen molar-refractivity contribution in [3.63, 3.8) is 0 Å². The first kappa shape index (κ1) is 37.3. The number of esters is 2. The first-order valence-electron chi connectivity index (χ1n) is 15.6. The summed E-state index contributed by atoms with van der Waals surface area (Å²) in [7, 11) is 0. The van der Waals surface area contributed by atoms with E-state index in [0.29, 0.717) is 12.8 Å². The van der Waals surface area contributed by atoms with E-state index in [4.69, 9.17) is 9.47 Å². The van der Waals surface area contributed by atoms with Gasteiger partial charge in [0.15, 0.2) is 6.10 Å². The molecule has 0 aliphatic heterocycles. The van der Waals surface area contributed by atoms with Gasteiger partial charge in [0.2, 0.25) is 0 Å². The number of hydrogen-bond acceptors (Lipinski definition) is 5. The fourth-order valence-corrected chi connectivity index (χ4v) is 3.79. The van der Waals surface area contributed by atoms with Crippen LogP contribution in [0.2, 0.25) is 0 Å². The van der Waals surface area contributed by atoms with Gasteiger partial charge in [-0.1, -0.05) is 125 Å². The summed E-state index contributed by atoms with van der Waals surface area (Å²) in [6, 6.07) is 0. The highest BCUT2D eigenvalue weighted by Crippen LogP contribution is 2.10. The summed E-state index contributed by atoms with van der Waals surface area (Å²) in [6.07, 6.45) is 39.5. The second-order valence-corrected chi connectivity index (χ2v) is 9.89. The monoisotopic (exact) mass is 556 g/mol. The number of hydrogen-bond donors (Lipinski definition) is 1. The van der Waals surface area contributed by atoms with E-state index in [1.807, 2.05) is 12.2 Å². The smallest absolute Gasteiger partial charge is 0.306 e. The molecule has 0 saturated heterocycles. The lowest BCUT2D eigenvalue weighted by atomic mass is 10.1. The van der Waals surface area contributed by atoms with E-state index in [1.54, 1.807) is 0 Å². The van der Waals surface area contributed by atoms with Crippen molar-refractivity contribution in [2.45, 2.75) is 123 Å². The van der Waals surface area contributed by atoms with Gasteiger partial charge in [-0.2, -0.15) is 0 Å². The van der Waals surface area contributed by atoms with E-state index in [0.717, 1.165) is 89.9 Å². The van der Waals surface area contributed by atoms with Gasteiger partial charge in [0.05, 0.1) is 6.61 Å². The SMILES string of the molecule is CC/C=C/C=C/C=C/CCCCCCCC(=O)OCC(CO)OC(=O)CCCCCCC/C=C/C=C/C=C/CC. The number of carbonyl (C=O) groups is 2. The van der Waals surface area contributed by atoms with Crippen molar-refractivity contribution < 1.29 is 24.2 Å². The van der Waals surface area contributed by atoms with Crippen molar-refractivity contribution in [2.24, 2.45) is 0 Å². The molecule has 0 bridgehead atoms. The average Bonchev–Trinajstić information content (AvgIpc) is 2.96. The minimum Gasteiger partial charge on any atom is -0.462 e. The molecule has 226 valence electrons. The van der Waals surface area contributed by atoms with Crippen LogP contribution in [-0.2, 0) is 19.1 Å². The molecule has 0 radical (unpaired) electrons. The number of aliphatic hydroxyl groups is 1. The van der Waals surface area contributed by atoms with Gasteiger partial charge in [0.25, 0.3) is 0 Å². The number of carbonyl (C=O) groups excluding carboxylic acids is 2. The van der Waals surface area contributed by atoms with Gasteiger partial charge in [0.1, 0.15) is 6.61 Å². The first-order valence-corrected chi connectivity index (χ1v) is 15.6. The Bertz CT molecular complexity index is 773. The Morgan fingerprint density at radius 2 is 1.00 bits per heavy atom. The maximum atomic E-state index is 12.1. The zero-order valence-corrected chi connectivity index (χ0v) is 25.3. The molecule has 0 aromatic heterocycles. The third kappa shape index (κ3) is 28.4. The molecule has 0 aliphatic rings. The lowest BCUT2D eigenvalue weighted by Crippen LogP contribution is -2.28. The van der Waals surface area contributed by atoms with Crippen molar-refractivity contribution in [2.75, 3.05) is 13.2 Å². The summed E-state index contributed by atoms with van der Waals surface area (Å²) < 4.78 is 10.5. The van der Waals surface area contributed by atoms with Crippen LogP contribution in [0.3, 0.4) is 0 Å². The third-order valence-electron chi connectivity index (χ3n) is 6.12. The minimum absolute atomic E-state index is 0.0896. The predicted octanol–water partition coefficient (Wildman–Crippen LogP) is 9.05. The molecule has 1 atom stereocenters. The van der Waals surface area contributed by atoms with Gasteiger partial charge in [-0.05, 0) is 51.4 Å². The van der Waals surface area contributed by atoms with Gasteiger partial charge in [-0.15, -0.1) is 0 Å². The van der Waals surface area contributed by atoms with Crippen LogP contribution in [-0.4, -0.2) is 36.4 Å². The van der Waals surface area contributed by atoms with Crippen molar-refractivity contribution in [1.82, 2.24) is 0 Å². The lowest BCUT2D eigenvalue weighted by Gasteiger charge is -2.15. The van der Waals surface area contributed by atoms with Crippen LogP contribution in [0, 0.1) is 0 Å². The van der Waals surface area contributed by atoms with Gasteiger partial charge < -0.3 is 14.6 Å². The average molecular weight is 557 g/mol. The summed E-state index contributed by atoms with van der Waals surface area (Å²) in [4.78, 5) is 24.0. The Kier molecular flexibility index (Phi) is 28.8.